The summed E-state index contributed by atoms with van der Waals surface area (Å²) in [6, 6.07) is 3.59. The normalized spacial score (nSPS) is 12.5. The molecule has 2 amide bonds. The number of unbranched alkanes of at least 4 members (excludes halogenated alkanes) is 28. The lowest BCUT2D eigenvalue weighted by Gasteiger charge is -2.20. The molecule has 416 valence electrons. The van der Waals surface area contributed by atoms with Gasteiger partial charge in [-0.2, -0.15) is 0 Å². The van der Waals surface area contributed by atoms with Crippen molar-refractivity contribution in [1.29, 1.82) is 0 Å². The fraction of sp³-hybridized carbons (Fsp3) is 0.811. The number of phosphoric ester groups is 1. The number of benzene rings is 1. The first-order valence-corrected chi connectivity index (χ1v) is 29.2. The largest absolute Gasteiger partial charge is 0.488 e. The molecule has 0 saturated heterocycles. The van der Waals surface area contributed by atoms with Crippen molar-refractivity contribution in [3.63, 3.8) is 0 Å². The number of carbonyl (C=O) groups is 4. The van der Waals surface area contributed by atoms with Gasteiger partial charge in [0.15, 0.2) is 6.10 Å². The Labute approximate surface area is 432 Å². The Kier molecular flexibility index (Phi) is 43.1. The molecule has 0 radical (unpaired) electrons. The molecule has 5 N–H and O–H groups in total. The van der Waals surface area contributed by atoms with Gasteiger partial charge in [-0.25, -0.2) is 13.8 Å². The van der Waals surface area contributed by atoms with Crippen molar-refractivity contribution < 1.29 is 71.1 Å². The Morgan fingerprint density at radius 3 is 1.54 bits per heavy atom. The van der Waals surface area contributed by atoms with Crippen LogP contribution < -0.4 is 16.1 Å². The van der Waals surface area contributed by atoms with E-state index in [1.54, 1.807) is 0 Å². The summed E-state index contributed by atoms with van der Waals surface area (Å²) >= 11 is 0. The van der Waals surface area contributed by atoms with Crippen LogP contribution in [0, 0.1) is 5.82 Å². The summed E-state index contributed by atoms with van der Waals surface area (Å²) in [4.78, 5) is 59.9. The molecular weight excluding hydrogens is 949 g/mol. The zero-order valence-corrected chi connectivity index (χ0v) is 45.2. The maximum Gasteiger partial charge on any atom is 0.488 e. The van der Waals surface area contributed by atoms with E-state index in [2.05, 4.69) is 24.5 Å². The van der Waals surface area contributed by atoms with Crippen molar-refractivity contribution in [3.05, 3.63) is 29.6 Å². The summed E-state index contributed by atoms with van der Waals surface area (Å²) in [5.41, 5.74) is 0.103. The molecule has 19 heteroatoms. The smallest absolute Gasteiger partial charge is 0.462 e. The minimum Gasteiger partial charge on any atom is -0.462 e. The highest BCUT2D eigenvalue weighted by atomic mass is 31.2. The second kappa shape index (κ2) is 46.4. The molecule has 0 aromatic heterocycles. The van der Waals surface area contributed by atoms with Crippen LogP contribution in [0.5, 0.6) is 0 Å². The lowest BCUT2D eigenvalue weighted by Crippen LogP contribution is -2.32. The molecule has 0 aliphatic heterocycles. The van der Waals surface area contributed by atoms with E-state index in [1.807, 2.05) is 0 Å². The molecule has 2 atom stereocenters. The number of esters is 2. The van der Waals surface area contributed by atoms with Crippen molar-refractivity contribution in [2.24, 2.45) is 0 Å². The van der Waals surface area contributed by atoms with Gasteiger partial charge < -0.3 is 44.5 Å². The second-order valence-electron chi connectivity index (χ2n) is 18.9. The monoisotopic (exact) mass is 1040 g/mol. The topological polar surface area (TPSA) is 225 Å². The van der Waals surface area contributed by atoms with E-state index in [-0.39, 0.29) is 56.8 Å². The molecule has 0 heterocycles. The average Bonchev–Trinajstić information content (AvgIpc) is 3.35. The maximum absolute atomic E-state index is 14.1. The van der Waals surface area contributed by atoms with E-state index in [9.17, 15) is 33.0 Å². The maximum atomic E-state index is 14.1. The van der Waals surface area contributed by atoms with Crippen LogP contribution in [0.2, 0.25) is 0 Å². The van der Waals surface area contributed by atoms with Gasteiger partial charge in [0, 0.05) is 31.5 Å². The Morgan fingerprint density at radius 2 is 1.07 bits per heavy atom. The lowest BCUT2D eigenvalue weighted by molar-refractivity contribution is -0.161. The second-order valence-corrected chi connectivity index (χ2v) is 20.4. The molecule has 2 unspecified atom stereocenters. The van der Waals surface area contributed by atoms with E-state index >= 15 is 0 Å². The van der Waals surface area contributed by atoms with Gasteiger partial charge in [0.1, 0.15) is 25.6 Å². The Bertz CT molecular complexity index is 1580. The summed E-state index contributed by atoms with van der Waals surface area (Å²) in [5, 5.41) is 23.1. The highest BCUT2D eigenvalue weighted by Gasteiger charge is 2.26. The highest BCUT2D eigenvalue weighted by molar-refractivity contribution is 7.47. The molecular formula is C53H95BFN2O14P. The van der Waals surface area contributed by atoms with Gasteiger partial charge in [-0.15, -0.1) is 0 Å². The van der Waals surface area contributed by atoms with E-state index in [0.29, 0.717) is 12.8 Å². The third-order valence-corrected chi connectivity index (χ3v) is 13.3. The molecule has 0 aliphatic carbocycles. The predicted octanol–water partition coefficient (Wildman–Crippen LogP) is 11.0. The molecule has 1 aromatic carbocycles. The Balaban J connectivity index is 2.38. The van der Waals surface area contributed by atoms with Gasteiger partial charge in [-0.3, -0.25) is 23.4 Å². The van der Waals surface area contributed by atoms with Gasteiger partial charge in [0.2, 0.25) is 5.91 Å². The van der Waals surface area contributed by atoms with Gasteiger partial charge in [0.05, 0.1) is 19.8 Å². The van der Waals surface area contributed by atoms with Gasteiger partial charge in [-0.1, -0.05) is 206 Å². The number of rotatable bonds is 50. The highest BCUT2D eigenvalue weighted by Crippen LogP contribution is 2.43. The van der Waals surface area contributed by atoms with Crippen LogP contribution in [0.1, 0.15) is 225 Å². The number of nitrogens with one attached hydrogen (secondary N) is 2. The lowest BCUT2D eigenvalue weighted by atomic mass is 9.80. The summed E-state index contributed by atoms with van der Waals surface area (Å²) < 4.78 is 57.9. The SMILES string of the molecule is CCCCCCCCCCCCCCCCCC(=O)OCC(COP(=O)(O)OCCNC(=O)OCCOCC(=O)NCc1ccc(B(O)O)cc1F)OC(=O)CCCCCCCCCCCCCCCCC. The van der Waals surface area contributed by atoms with Crippen LogP contribution in [0.3, 0.4) is 0 Å². The van der Waals surface area contributed by atoms with Crippen LogP contribution in [-0.2, 0) is 53.5 Å². The number of ether oxygens (including phenoxy) is 4. The zero-order valence-electron chi connectivity index (χ0n) is 44.3. The van der Waals surface area contributed by atoms with Crippen LogP contribution in [0.15, 0.2) is 18.2 Å². The van der Waals surface area contributed by atoms with Gasteiger partial charge in [-0.05, 0) is 24.4 Å². The summed E-state index contributed by atoms with van der Waals surface area (Å²) in [6.45, 7) is 1.95. The average molecular weight is 1050 g/mol. The zero-order chi connectivity index (χ0) is 52.8. The van der Waals surface area contributed by atoms with Crippen molar-refractivity contribution in [3.8, 4) is 0 Å². The number of alkyl carbamates (subject to hydrolysis) is 1. The number of hydrogen-bond acceptors (Lipinski definition) is 13. The quantitative estimate of drug-likeness (QED) is 0.0135. The van der Waals surface area contributed by atoms with Crippen LogP contribution in [0.4, 0.5) is 9.18 Å². The van der Waals surface area contributed by atoms with E-state index in [1.165, 1.54) is 153 Å². The minimum absolute atomic E-state index is 0.0260. The first kappa shape index (κ1) is 66.9. The van der Waals surface area contributed by atoms with Gasteiger partial charge >= 0.3 is 33.0 Å². The molecule has 16 nitrogen and oxygen atoms in total. The van der Waals surface area contributed by atoms with Crippen molar-refractivity contribution in [2.45, 2.75) is 232 Å². The number of carbonyl (C=O) groups excluding carboxylic acids is 4. The first-order valence-electron chi connectivity index (χ1n) is 27.7. The summed E-state index contributed by atoms with van der Waals surface area (Å²) in [7, 11) is -6.51. The van der Waals surface area contributed by atoms with E-state index in [0.717, 1.165) is 44.6 Å². The number of halogens is 1. The van der Waals surface area contributed by atoms with Gasteiger partial charge in [0.25, 0.3) is 0 Å². The predicted molar refractivity (Wildman–Crippen MR) is 280 cm³/mol. The molecule has 1 aromatic rings. The fourth-order valence-corrected chi connectivity index (χ4v) is 8.70. The third-order valence-electron chi connectivity index (χ3n) is 12.3. The molecule has 0 saturated carbocycles. The van der Waals surface area contributed by atoms with E-state index in [4.69, 9.17) is 38.0 Å². The number of phosphoric acid groups is 1. The standard InChI is InChI=1S/C53H95BFN2O14P/c1-3-5-7-9-11-13-15-17-19-21-23-25-27-29-31-33-51(59)68-43-48(71-52(60)34-32-30-28-26-24-22-20-18-16-14-12-10-8-6-4-2)44-70-72(64,65)69-38-37-56-53(61)67-40-39-66-45-50(58)57-42-46-35-36-47(54(62)63)41-49(46)55/h35-36,41,48,62-63H,3-34,37-40,42-45H2,1-2H3,(H,56,61)(H,57,58)(H,64,65). The van der Waals surface area contributed by atoms with Crippen LogP contribution in [0.25, 0.3) is 0 Å². The van der Waals surface area contributed by atoms with Crippen molar-refractivity contribution in [1.82, 2.24) is 10.6 Å². The molecule has 1 rings (SSSR count). The summed E-state index contributed by atoms with van der Waals surface area (Å²) in [6.07, 6.45) is 34.4. The Morgan fingerprint density at radius 1 is 0.597 bits per heavy atom. The van der Waals surface area contributed by atoms with Crippen LogP contribution in [-0.4, -0.2) is 98.3 Å². The summed E-state index contributed by atoms with van der Waals surface area (Å²) in [5.74, 6) is -2.26. The van der Waals surface area contributed by atoms with E-state index < -0.39 is 70.6 Å². The van der Waals surface area contributed by atoms with Crippen molar-refractivity contribution >= 4 is 44.3 Å². The fourth-order valence-electron chi connectivity index (χ4n) is 7.95. The number of amides is 2. The minimum atomic E-state index is -4.69. The first-order chi connectivity index (χ1) is 34.9. The number of hydrogen-bond donors (Lipinski definition) is 5. The molecule has 0 fully saturated rings. The molecule has 0 spiro atoms. The Hall–Kier alpha value is -3.12. The molecule has 72 heavy (non-hydrogen) atoms. The van der Waals surface area contributed by atoms with Crippen molar-refractivity contribution in [2.75, 3.05) is 46.2 Å². The molecule has 0 bridgehead atoms. The van der Waals surface area contributed by atoms with Crippen LogP contribution >= 0.6 is 7.82 Å². The molecule has 0 aliphatic rings. The third kappa shape index (κ3) is 41.3.